The number of fused-ring (bicyclic) bond motifs is 5. The van der Waals surface area contributed by atoms with Gasteiger partial charge in [0.15, 0.2) is 0 Å². The minimum absolute atomic E-state index is 0.150. The number of rotatable bonds is 4. The van der Waals surface area contributed by atoms with E-state index in [-0.39, 0.29) is 36.0 Å². The van der Waals surface area contributed by atoms with Gasteiger partial charge in [-0.25, -0.2) is 23.9 Å². The highest BCUT2D eigenvalue weighted by Crippen LogP contribution is 2.54. The number of amides is 2. The molecule has 0 unspecified atom stereocenters. The largest absolute Gasteiger partial charge is 0.444 e. The molecule has 11 heteroatoms. The van der Waals surface area contributed by atoms with Gasteiger partial charge in [0.2, 0.25) is 0 Å². The van der Waals surface area contributed by atoms with Crippen LogP contribution in [-0.2, 0) is 9.47 Å². The van der Waals surface area contributed by atoms with Gasteiger partial charge in [-0.05, 0) is 108 Å². The lowest BCUT2D eigenvalue weighted by molar-refractivity contribution is 0.0174. The van der Waals surface area contributed by atoms with Crippen LogP contribution < -0.4 is 0 Å². The molecular formula is C40H41FN6O4. The van der Waals surface area contributed by atoms with Crippen molar-refractivity contribution in [3.05, 3.63) is 84.0 Å². The number of benzene rings is 3. The van der Waals surface area contributed by atoms with Crippen molar-refractivity contribution in [3.8, 4) is 22.4 Å². The van der Waals surface area contributed by atoms with Crippen LogP contribution in [0.2, 0.25) is 0 Å². The van der Waals surface area contributed by atoms with Gasteiger partial charge in [0.05, 0.1) is 35.0 Å². The molecule has 4 heterocycles. The van der Waals surface area contributed by atoms with Crippen LogP contribution in [0.5, 0.6) is 0 Å². The second kappa shape index (κ2) is 10.9. The number of carbonyl (C=O) groups excluding carboxylic acids is 2. The average Bonchev–Trinajstić information content (AvgIpc) is 3.68. The molecule has 2 amide bonds. The van der Waals surface area contributed by atoms with E-state index in [0.29, 0.717) is 23.0 Å². The number of hydrogen-bond acceptors (Lipinski definition) is 6. The first-order valence-electron chi connectivity index (χ1n) is 17.7. The van der Waals surface area contributed by atoms with Crippen LogP contribution in [0.3, 0.4) is 0 Å². The Labute approximate surface area is 295 Å². The van der Waals surface area contributed by atoms with Gasteiger partial charge in [-0.2, -0.15) is 0 Å². The number of carbonyl (C=O) groups is 2. The molecule has 0 bridgehead atoms. The molecule has 2 N–H and O–H groups in total. The molecular weight excluding hydrogens is 647 g/mol. The van der Waals surface area contributed by atoms with Crippen molar-refractivity contribution >= 4 is 34.0 Å². The van der Waals surface area contributed by atoms with Gasteiger partial charge in [0.1, 0.15) is 28.7 Å². The average molecular weight is 689 g/mol. The summed E-state index contributed by atoms with van der Waals surface area (Å²) >= 11 is 0. The van der Waals surface area contributed by atoms with Gasteiger partial charge in [0.25, 0.3) is 0 Å². The van der Waals surface area contributed by atoms with Gasteiger partial charge in [0, 0.05) is 28.6 Å². The van der Waals surface area contributed by atoms with Crippen molar-refractivity contribution in [2.45, 2.75) is 90.1 Å². The molecule has 0 spiro atoms. The molecule has 9 rings (SSSR count). The van der Waals surface area contributed by atoms with Crippen molar-refractivity contribution in [1.82, 2.24) is 29.7 Å². The Hall–Kier alpha value is -5.19. The van der Waals surface area contributed by atoms with Crippen LogP contribution in [0.25, 0.3) is 44.2 Å². The molecule has 10 nitrogen and oxygen atoms in total. The summed E-state index contributed by atoms with van der Waals surface area (Å²) in [6.45, 7) is 11.2. The third kappa shape index (κ3) is 5.63. The summed E-state index contributed by atoms with van der Waals surface area (Å²) < 4.78 is 27.2. The number of halogens is 1. The molecule has 3 aromatic carbocycles. The molecule has 2 aliphatic heterocycles. The third-order valence-electron chi connectivity index (χ3n) is 10.3. The van der Waals surface area contributed by atoms with Crippen molar-refractivity contribution in [2.24, 2.45) is 11.8 Å². The van der Waals surface area contributed by atoms with E-state index in [1.807, 2.05) is 76.8 Å². The normalized spacial score (nSPS) is 23.7. The lowest BCUT2D eigenvalue weighted by atomic mass is 9.99. The van der Waals surface area contributed by atoms with Gasteiger partial charge < -0.3 is 19.4 Å². The third-order valence-corrected chi connectivity index (χ3v) is 10.3. The summed E-state index contributed by atoms with van der Waals surface area (Å²) in [5.41, 5.74) is 4.11. The van der Waals surface area contributed by atoms with Crippen LogP contribution >= 0.6 is 0 Å². The highest BCUT2D eigenvalue weighted by atomic mass is 19.1. The summed E-state index contributed by atoms with van der Waals surface area (Å²) in [5.74, 6) is 1.74. The van der Waals surface area contributed by atoms with Crippen molar-refractivity contribution in [3.63, 3.8) is 0 Å². The SMILES string of the molecule is CC(C)(C)OC(=O)N1C2=C[C@@H]2C[C@H]1c1ncc(-c2ccc(-c3ccc4c(ccc5[nH]c([C@@H]6C[C@H]7C[C@H]7N6C(=O)OC(C)(C)C)nc54)c3)cc2F)[nH]1. The molecule has 5 aromatic rings. The molecule has 1 saturated carbocycles. The molecule has 2 saturated heterocycles. The molecule has 2 aliphatic carbocycles. The molecule has 262 valence electrons. The molecule has 3 fully saturated rings. The summed E-state index contributed by atoms with van der Waals surface area (Å²) in [6.07, 6.45) is 5.61. The topological polar surface area (TPSA) is 116 Å². The van der Waals surface area contributed by atoms with Crippen molar-refractivity contribution in [2.75, 3.05) is 0 Å². The van der Waals surface area contributed by atoms with E-state index in [1.54, 1.807) is 23.2 Å². The van der Waals surface area contributed by atoms with Gasteiger partial charge in [-0.3, -0.25) is 9.80 Å². The number of imidazole rings is 2. The predicted octanol–water partition coefficient (Wildman–Crippen LogP) is 9.18. The van der Waals surface area contributed by atoms with E-state index in [4.69, 9.17) is 14.5 Å². The molecule has 51 heavy (non-hydrogen) atoms. The Kier molecular flexibility index (Phi) is 6.79. The van der Waals surface area contributed by atoms with Crippen LogP contribution in [0, 0.1) is 17.7 Å². The van der Waals surface area contributed by atoms with Gasteiger partial charge in [-0.1, -0.05) is 30.3 Å². The maximum atomic E-state index is 15.8. The fourth-order valence-electron chi connectivity index (χ4n) is 7.90. The Balaban J connectivity index is 0.957. The highest BCUT2D eigenvalue weighted by molar-refractivity contribution is 6.05. The van der Waals surface area contributed by atoms with E-state index in [1.165, 1.54) is 0 Å². The van der Waals surface area contributed by atoms with E-state index < -0.39 is 17.3 Å². The number of nitrogens with zero attached hydrogens (tertiary/aromatic N) is 4. The Morgan fingerprint density at radius 2 is 1.59 bits per heavy atom. The second-order valence-corrected chi connectivity index (χ2v) is 16.4. The number of ether oxygens (including phenoxy) is 2. The first kappa shape index (κ1) is 31.8. The number of likely N-dealkylation sites (tertiary alicyclic amines) is 2. The Morgan fingerprint density at radius 1 is 0.843 bits per heavy atom. The first-order chi connectivity index (χ1) is 24.2. The van der Waals surface area contributed by atoms with Crippen LogP contribution in [-0.4, -0.2) is 59.2 Å². The quantitative estimate of drug-likeness (QED) is 0.195. The number of aromatic nitrogens is 4. The zero-order chi connectivity index (χ0) is 35.6. The zero-order valence-corrected chi connectivity index (χ0v) is 29.6. The zero-order valence-electron chi connectivity index (χ0n) is 29.6. The fraction of sp³-hybridized carbons (Fsp3) is 0.400. The number of allylic oxidation sites excluding steroid dienone is 2. The lowest BCUT2D eigenvalue weighted by Gasteiger charge is -2.29. The first-order valence-corrected chi connectivity index (χ1v) is 17.7. The summed E-state index contributed by atoms with van der Waals surface area (Å²) in [5, 5.41) is 1.96. The van der Waals surface area contributed by atoms with Crippen molar-refractivity contribution in [1.29, 1.82) is 0 Å². The van der Waals surface area contributed by atoms with E-state index in [9.17, 15) is 9.59 Å². The number of H-pyrrole nitrogens is 2. The van der Waals surface area contributed by atoms with Crippen LogP contribution in [0.15, 0.2) is 66.5 Å². The van der Waals surface area contributed by atoms with E-state index in [2.05, 4.69) is 27.1 Å². The second-order valence-electron chi connectivity index (χ2n) is 16.4. The molecule has 0 radical (unpaired) electrons. The molecule has 2 aromatic heterocycles. The van der Waals surface area contributed by atoms with E-state index in [0.717, 1.165) is 63.7 Å². The minimum Gasteiger partial charge on any atom is -0.444 e. The Morgan fingerprint density at radius 3 is 2.35 bits per heavy atom. The fourth-order valence-corrected chi connectivity index (χ4v) is 7.90. The standard InChI is InChI=1S/C40H41FN6O4/c1-39(2,3)50-37(48)46-30-15-23(30)17-32(46)35-42-19-29(44-35)26-11-8-21(14-27(26)41)20-7-10-25-22(13-20)9-12-28-34(25)45-36(43-28)33-18-24-16-31(24)47(33)38(49)51-40(4,5)6/h7-15,19,23-24,31-33H,16-18H2,1-6H3,(H,42,44)(H,43,45)/t23-,24-,31-,32+,33+/m1/s1. The minimum atomic E-state index is -0.615. The number of nitrogens with one attached hydrogen (secondary N) is 2. The summed E-state index contributed by atoms with van der Waals surface area (Å²) in [6, 6.07) is 15.1. The number of piperidine rings is 1. The Bertz CT molecular complexity index is 2290. The predicted molar refractivity (Wildman–Crippen MR) is 191 cm³/mol. The number of hydrogen-bond donors (Lipinski definition) is 2. The molecule has 5 atom stereocenters. The maximum absolute atomic E-state index is 15.8. The lowest BCUT2D eigenvalue weighted by Crippen LogP contribution is -2.38. The maximum Gasteiger partial charge on any atom is 0.415 e. The summed E-state index contributed by atoms with van der Waals surface area (Å²) in [4.78, 5) is 46.1. The van der Waals surface area contributed by atoms with Crippen LogP contribution in [0.4, 0.5) is 14.0 Å². The summed E-state index contributed by atoms with van der Waals surface area (Å²) in [7, 11) is 0. The number of aromatic amines is 2. The van der Waals surface area contributed by atoms with Crippen molar-refractivity contribution < 1.29 is 23.5 Å². The van der Waals surface area contributed by atoms with Crippen LogP contribution in [0.1, 0.15) is 84.5 Å². The smallest absolute Gasteiger partial charge is 0.415 e. The van der Waals surface area contributed by atoms with E-state index >= 15 is 4.39 Å². The monoisotopic (exact) mass is 688 g/mol. The molecule has 4 aliphatic rings. The van der Waals surface area contributed by atoms with Gasteiger partial charge >= 0.3 is 12.2 Å². The van der Waals surface area contributed by atoms with Gasteiger partial charge in [-0.15, -0.1) is 0 Å². The highest BCUT2D eigenvalue weighted by Gasteiger charge is 2.56.